The largest absolute Gasteiger partial charge is 0.481 e. The number of carbonyl (C=O) groups is 1. The van der Waals surface area contributed by atoms with Crippen LogP contribution in [-0.2, 0) is 4.79 Å². The number of hydrogen-bond acceptors (Lipinski definition) is 4. The fraction of sp³-hybridized carbons (Fsp3) is 0.875. The molecule has 0 heterocycles. The Hall–Kier alpha value is -0.490. The van der Waals surface area contributed by atoms with Crippen molar-refractivity contribution in [1.82, 2.24) is 0 Å². The van der Waals surface area contributed by atoms with E-state index in [0.717, 1.165) is 12.8 Å². The van der Waals surface area contributed by atoms with Gasteiger partial charge in [-0.05, 0) is 19.4 Å². The standard InChI is InChI=1S/C8H16BrN3O2/c9-5-7(12-11)6(8(13)14)3-1-2-4-10/h6-7,11H,1-5,10H2,(H,13,14). The minimum absolute atomic E-state index is 0.413. The smallest absolute Gasteiger partial charge is 0.308 e. The molecule has 0 bridgehead atoms. The lowest BCUT2D eigenvalue weighted by atomic mass is 9.95. The van der Waals surface area contributed by atoms with Gasteiger partial charge in [-0.2, -0.15) is 5.11 Å². The molecule has 5 nitrogen and oxygen atoms in total. The second-order valence-corrected chi connectivity index (χ2v) is 3.73. The van der Waals surface area contributed by atoms with E-state index in [9.17, 15) is 4.79 Å². The van der Waals surface area contributed by atoms with Gasteiger partial charge < -0.3 is 10.8 Å². The number of nitrogens with zero attached hydrogens (tertiary/aromatic N) is 1. The average Bonchev–Trinajstić information content (AvgIpc) is 2.17. The van der Waals surface area contributed by atoms with Crippen LogP contribution in [0.2, 0.25) is 0 Å². The minimum atomic E-state index is -0.887. The van der Waals surface area contributed by atoms with Crippen LogP contribution in [0, 0.1) is 11.4 Å². The third-order valence-electron chi connectivity index (χ3n) is 2.07. The van der Waals surface area contributed by atoms with Crippen LogP contribution in [0.1, 0.15) is 19.3 Å². The van der Waals surface area contributed by atoms with E-state index in [0.29, 0.717) is 18.3 Å². The second-order valence-electron chi connectivity index (χ2n) is 3.08. The summed E-state index contributed by atoms with van der Waals surface area (Å²) in [5.74, 6) is -1.46. The van der Waals surface area contributed by atoms with Gasteiger partial charge in [0.25, 0.3) is 0 Å². The molecule has 0 amide bonds. The molecule has 0 aliphatic heterocycles. The first kappa shape index (κ1) is 13.5. The Balaban J connectivity index is 4.13. The van der Waals surface area contributed by atoms with Crippen LogP contribution in [0.25, 0.3) is 0 Å². The van der Waals surface area contributed by atoms with Gasteiger partial charge >= 0.3 is 5.97 Å². The molecule has 0 rings (SSSR count). The number of nitrogens with two attached hydrogens (primary N) is 1. The zero-order chi connectivity index (χ0) is 11.0. The lowest BCUT2D eigenvalue weighted by Gasteiger charge is -2.16. The molecule has 0 radical (unpaired) electrons. The highest BCUT2D eigenvalue weighted by atomic mass is 79.9. The first-order chi connectivity index (χ1) is 6.67. The highest BCUT2D eigenvalue weighted by Gasteiger charge is 2.26. The summed E-state index contributed by atoms with van der Waals surface area (Å²) in [6.45, 7) is 0.573. The summed E-state index contributed by atoms with van der Waals surface area (Å²) in [5, 5.41) is 12.6. The molecule has 0 aliphatic rings. The van der Waals surface area contributed by atoms with E-state index in [1.165, 1.54) is 0 Å². The van der Waals surface area contributed by atoms with E-state index >= 15 is 0 Å². The van der Waals surface area contributed by atoms with Gasteiger partial charge in [0.15, 0.2) is 0 Å². The molecule has 82 valence electrons. The molecule has 0 spiro atoms. The Bertz CT molecular complexity index is 189. The SMILES string of the molecule is N=NC(CBr)C(CCCCN)C(=O)O. The van der Waals surface area contributed by atoms with E-state index in [4.69, 9.17) is 16.4 Å². The zero-order valence-electron chi connectivity index (χ0n) is 7.95. The molecule has 4 N–H and O–H groups in total. The zero-order valence-corrected chi connectivity index (χ0v) is 9.53. The Morgan fingerprint density at radius 3 is 2.57 bits per heavy atom. The van der Waals surface area contributed by atoms with Crippen LogP contribution in [-0.4, -0.2) is 29.0 Å². The normalized spacial score (nSPS) is 14.7. The van der Waals surface area contributed by atoms with Gasteiger partial charge in [0, 0.05) is 5.33 Å². The summed E-state index contributed by atoms with van der Waals surface area (Å²) >= 11 is 3.15. The van der Waals surface area contributed by atoms with Gasteiger partial charge in [-0.25, -0.2) is 5.53 Å². The summed E-state index contributed by atoms with van der Waals surface area (Å²) in [7, 11) is 0. The van der Waals surface area contributed by atoms with Crippen LogP contribution in [0.15, 0.2) is 5.11 Å². The number of hydrogen-bond donors (Lipinski definition) is 3. The number of rotatable bonds is 8. The number of carboxylic acid groups (broad SMARTS) is 1. The Kier molecular flexibility index (Phi) is 7.60. The average molecular weight is 266 g/mol. The first-order valence-corrected chi connectivity index (χ1v) is 5.65. The highest BCUT2D eigenvalue weighted by molar-refractivity contribution is 9.09. The lowest BCUT2D eigenvalue weighted by molar-refractivity contribution is -0.142. The minimum Gasteiger partial charge on any atom is -0.481 e. The van der Waals surface area contributed by atoms with Gasteiger partial charge in [0.1, 0.15) is 0 Å². The molecule has 0 aromatic rings. The van der Waals surface area contributed by atoms with E-state index in [-0.39, 0.29) is 0 Å². The predicted molar refractivity (Wildman–Crippen MR) is 56.8 cm³/mol. The van der Waals surface area contributed by atoms with Crippen LogP contribution in [0.3, 0.4) is 0 Å². The fourth-order valence-corrected chi connectivity index (χ4v) is 1.82. The lowest BCUT2D eigenvalue weighted by Crippen LogP contribution is -2.28. The molecule has 0 saturated carbocycles. The monoisotopic (exact) mass is 265 g/mol. The predicted octanol–water partition coefficient (Wildman–Crippen LogP) is 1.61. The number of nitrogens with one attached hydrogen (secondary N) is 1. The van der Waals surface area contributed by atoms with Crippen LogP contribution in [0.5, 0.6) is 0 Å². The topological polar surface area (TPSA) is 99.5 Å². The first-order valence-electron chi connectivity index (χ1n) is 4.52. The maximum Gasteiger partial charge on any atom is 0.308 e. The highest BCUT2D eigenvalue weighted by Crippen LogP contribution is 2.17. The van der Waals surface area contributed by atoms with Crippen LogP contribution >= 0.6 is 15.9 Å². The van der Waals surface area contributed by atoms with Crippen molar-refractivity contribution in [2.75, 3.05) is 11.9 Å². The summed E-state index contributed by atoms with van der Waals surface area (Å²) < 4.78 is 0. The van der Waals surface area contributed by atoms with Gasteiger partial charge in [-0.1, -0.05) is 22.4 Å². The summed E-state index contributed by atoms with van der Waals surface area (Å²) in [4.78, 5) is 10.9. The number of unbranched alkanes of at least 4 members (excludes halogenated alkanes) is 1. The molecule has 14 heavy (non-hydrogen) atoms. The summed E-state index contributed by atoms with van der Waals surface area (Å²) in [6.07, 6.45) is 2.12. The molecular formula is C8H16BrN3O2. The molecule has 0 aliphatic carbocycles. The van der Waals surface area contributed by atoms with Crippen molar-refractivity contribution in [2.45, 2.75) is 25.3 Å². The van der Waals surface area contributed by atoms with Crippen molar-refractivity contribution < 1.29 is 9.90 Å². The van der Waals surface area contributed by atoms with E-state index in [1.807, 2.05) is 0 Å². The molecule has 2 unspecified atom stereocenters. The molecule has 0 fully saturated rings. The van der Waals surface area contributed by atoms with Crippen molar-refractivity contribution in [3.63, 3.8) is 0 Å². The number of carboxylic acids is 1. The van der Waals surface area contributed by atoms with Gasteiger partial charge in [-0.3, -0.25) is 4.79 Å². The van der Waals surface area contributed by atoms with E-state index < -0.39 is 17.9 Å². The number of alkyl halides is 1. The summed E-state index contributed by atoms with van der Waals surface area (Å²) in [5.41, 5.74) is 12.2. The molecule has 0 aromatic carbocycles. The quantitative estimate of drug-likeness (QED) is 0.353. The molecular weight excluding hydrogens is 250 g/mol. The number of halogens is 1. The number of aliphatic carboxylic acids is 1. The van der Waals surface area contributed by atoms with E-state index in [1.54, 1.807) is 0 Å². The van der Waals surface area contributed by atoms with Crippen molar-refractivity contribution in [3.05, 3.63) is 0 Å². The van der Waals surface area contributed by atoms with Crippen molar-refractivity contribution in [1.29, 1.82) is 5.53 Å². The maximum atomic E-state index is 10.9. The Labute approximate surface area is 91.7 Å². The molecule has 0 aromatic heterocycles. The van der Waals surface area contributed by atoms with E-state index in [2.05, 4.69) is 21.0 Å². The third-order valence-corrected chi connectivity index (χ3v) is 2.74. The maximum absolute atomic E-state index is 10.9. The van der Waals surface area contributed by atoms with Crippen molar-refractivity contribution in [2.24, 2.45) is 16.8 Å². The van der Waals surface area contributed by atoms with Gasteiger partial charge in [-0.15, -0.1) is 0 Å². The third kappa shape index (κ3) is 4.66. The Morgan fingerprint density at radius 2 is 2.21 bits per heavy atom. The molecule has 6 heteroatoms. The van der Waals surface area contributed by atoms with Gasteiger partial charge in [0.2, 0.25) is 0 Å². The van der Waals surface area contributed by atoms with Crippen LogP contribution < -0.4 is 5.73 Å². The van der Waals surface area contributed by atoms with Gasteiger partial charge in [0.05, 0.1) is 12.0 Å². The summed E-state index contributed by atoms with van der Waals surface area (Å²) in [6, 6.07) is -0.467. The van der Waals surface area contributed by atoms with Crippen molar-refractivity contribution >= 4 is 21.9 Å². The van der Waals surface area contributed by atoms with Crippen LogP contribution in [0.4, 0.5) is 0 Å². The molecule has 0 saturated heterocycles. The van der Waals surface area contributed by atoms with Crippen molar-refractivity contribution in [3.8, 4) is 0 Å². The fourth-order valence-electron chi connectivity index (χ4n) is 1.22. The second kappa shape index (κ2) is 7.87. The Morgan fingerprint density at radius 1 is 1.57 bits per heavy atom. The molecule has 2 atom stereocenters.